The highest BCUT2D eigenvalue weighted by Gasteiger charge is 2.08. The van der Waals surface area contributed by atoms with E-state index < -0.39 is 0 Å². The molecule has 3 aromatic rings. The van der Waals surface area contributed by atoms with Crippen LogP contribution in [0.15, 0.2) is 91.0 Å². The smallest absolute Gasteiger partial charge is 0.224 e. The molecule has 5 heteroatoms. The van der Waals surface area contributed by atoms with Gasteiger partial charge in [-0.2, -0.15) is 0 Å². The third-order valence-corrected chi connectivity index (χ3v) is 7.56. The zero-order valence-electron chi connectivity index (χ0n) is 25.1. The van der Waals surface area contributed by atoms with E-state index in [9.17, 15) is 4.79 Å². The molecule has 0 bridgehead atoms. The first-order chi connectivity index (χ1) is 20.2. The fraction of sp³-hybridized carbons (Fsp3) is 0.472. The van der Waals surface area contributed by atoms with Crippen LogP contribution in [0.4, 0.5) is 0 Å². The second-order valence-electron chi connectivity index (χ2n) is 11.2. The van der Waals surface area contributed by atoms with Gasteiger partial charge in [0.1, 0.15) is 0 Å². The minimum Gasteiger partial charge on any atom is -0.356 e. The van der Waals surface area contributed by atoms with Crippen molar-refractivity contribution in [2.24, 2.45) is 5.73 Å². The van der Waals surface area contributed by atoms with E-state index in [1.165, 1.54) is 49.7 Å². The number of carbonyl (C=O) groups is 1. The average Bonchev–Trinajstić information content (AvgIpc) is 3.00. The number of nitrogens with zero attached hydrogens (tertiary/aromatic N) is 2. The molecule has 0 fully saturated rings. The highest BCUT2D eigenvalue weighted by molar-refractivity contribution is 5.78. The van der Waals surface area contributed by atoms with Crippen LogP contribution in [0.5, 0.6) is 0 Å². The molecule has 0 aliphatic rings. The Morgan fingerprint density at radius 2 is 0.951 bits per heavy atom. The summed E-state index contributed by atoms with van der Waals surface area (Å²) in [5, 5.41) is 3.10. The zero-order valence-corrected chi connectivity index (χ0v) is 25.1. The number of amides is 1. The quantitative estimate of drug-likeness (QED) is 0.140. The van der Waals surface area contributed by atoms with Gasteiger partial charge >= 0.3 is 0 Å². The fourth-order valence-corrected chi connectivity index (χ4v) is 5.29. The molecule has 0 spiro atoms. The van der Waals surface area contributed by atoms with Gasteiger partial charge in [-0.15, -0.1) is 0 Å². The summed E-state index contributed by atoms with van der Waals surface area (Å²) in [6.07, 6.45) is 10.1. The van der Waals surface area contributed by atoms with E-state index in [1.54, 1.807) is 0 Å². The summed E-state index contributed by atoms with van der Waals surface area (Å²) < 4.78 is 0. The fourth-order valence-electron chi connectivity index (χ4n) is 5.29. The van der Waals surface area contributed by atoms with Crippen molar-refractivity contribution in [1.82, 2.24) is 15.1 Å². The van der Waals surface area contributed by atoms with Crippen molar-refractivity contribution in [3.8, 4) is 0 Å². The molecule has 0 aliphatic carbocycles. The molecule has 0 unspecified atom stereocenters. The number of unbranched alkanes of at least 4 members (excludes halogenated alkanes) is 5. The van der Waals surface area contributed by atoms with Crippen LogP contribution in [-0.4, -0.2) is 55.0 Å². The van der Waals surface area contributed by atoms with Crippen LogP contribution in [0, 0.1) is 0 Å². The first kappa shape index (κ1) is 32.5. The molecular formula is C36H52N4O. The summed E-state index contributed by atoms with van der Waals surface area (Å²) >= 11 is 0. The molecule has 0 aliphatic heterocycles. The molecule has 3 rings (SSSR count). The van der Waals surface area contributed by atoms with Gasteiger partial charge in [0.2, 0.25) is 5.91 Å². The van der Waals surface area contributed by atoms with Gasteiger partial charge in [-0.3, -0.25) is 14.6 Å². The van der Waals surface area contributed by atoms with Crippen molar-refractivity contribution < 1.29 is 4.79 Å². The number of hydrogen-bond acceptors (Lipinski definition) is 4. The summed E-state index contributed by atoms with van der Waals surface area (Å²) in [6, 6.07) is 31.5. The monoisotopic (exact) mass is 556 g/mol. The molecule has 0 aromatic heterocycles. The highest BCUT2D eigenvalue weighted by Crippen LogP contribution is 2.12. The van der Waals surface area contributed by atoms with Gasteiger partial charge < -0.3 is 11.1 Å². The van der Waals surface area contributed by atoms with Crippen molar-refractivity contribution in [2.45, 2.75) is 70.9 Å². The first-order valence-electron chi connectivity index (χ1n) is 15.8. The zero-order chi connectivity index (χ0) is 28.8. The normalized spacial score (nSPS) is 11.3. The second kappa shape index (κ2) is 20.8. The lowest BCUT2D eigenvalue weighted by molar-refractivity contribution is -0.120. The van der Waals surface area contributed by atoms with Crippen LogP contribution in [0.1, 0.15) is 68.1 Å². The van der Waals surface area contributed by atoms with Crippen LogP contribution in [0.25, 0.3) is 0 Å². The van der Waals surface area contributed by atoms with Gasteiger partial charge in [0.05, 0.1) is 6.42 Å². The van der Waals surface area contributed by atoms with Crippen LogP contribution in [0.2, 0.25) is 0 Å². The molecule has 0 radical (unpaired) electrons. The maximum atomic E-state index is 12.3. The molecule has 0 saturated carbocycles. The maximum Gasteiger partial charge on any atom is 0.224 e. The predicted molar refractivity (Wildman–Crippen MR) is 173 cm³/mol. The van der Waals surface area contributed by atoms with Crippen molar-refractivity contribution in [1.29, 1.82) is 0 Å². The van der Waals surface area contributed by atoms with Gasteiger partial charge in [-0.05, 0) is 68.6 Å². The Hall–Kier alpha value is -2.99. The molecule has 3 N–H and O–H groups in total. The lowest BCUT2D eigenvalue weighted by Crippen LogP contribution is -2.31. The van der Waals surface area contributed by atoms with Gasteiger partial charge in [-0.25, -0.2) is 0 Å². The van der Waals surface area contributed by atoms with Crippen molar-refractivity contribution in [3.63, 3.8) is 0 Å². The van der Waals surface area contributed by atoms with E-state index in [-0.39, 0.29) is 5.91 Å². The highest BCUT2D eigenvalue weighted by atomic mass is 16.1. The second-order valence-corrected chi connectivity index (χ2v) is 11.2. The van der Waals surface area contributed by atoms with E-state index in [1.807, 2.05) is 30.3 Å². The van der Waals surface area contributed by atoms with Crippen LogP contribution in [-0.2, 0) is 24.3 Å². The van der Waals surface area contributed by atoms with Crippen LogP contribution in [0.3, 0.4) is 0 Å². The molecule has 222 valence electrons. The van der Waals surface area contributed by atoms with E-state index in [0.29, 0.717) is 6.42 Å². The van der Waals surface area contributed by atoms with Crippen LogP contribution < -0.4 is 11.1 Å². The Morgan fingerprint density at radius 3 is 1.44 bits per heavy atom. The Bertz CT molecular complexity index is 1040. The molecular weight excluding hydrogens is 504 g/mol. The van der Waals surface area contributed by atoms with Gasteiger partial charge in [0, 0.05) is 26.2 Å². The Morgan fingerprint density at radius 1 is 0.537 bits per heavy atom. The number of nitrogens with two attached hydrogens (primary N) is 1. The molecule has 0 atom stereocenters. The number of hydrogen-bond donors (Lipinski definition) is 2. The number of nitrogens with one attached hydrogen (secondary N) is 1. The molecule has 3 aromatic carbocycles. The Kier molecular flexibility index (Phi) is 16.5. The van der Waals surface area contributed by atoms with E-state index >= 15 is 0 Å². The summed E-state index contributed by atoms with van der Waals surface area (Å²) in [5.41, 5.74) is 9.59. The largest absolute Gasteiger partial charge is 0.356 e. The third kappa shape index (κ3) is 15.0. The summed E-state index contributed by atoms with van der Waals surface area (Å²) in [7, 11) is 0. The molecule has 5 nitrogen and oxygen atoms in total. The van der Waals surface area contributed by atoms with Gasteiger partial charge in [0.15, 0.2) is 0 Å². The molecule has 0 heterocycles. The van der Waals surface area contributed by atoms with Crippen molar-refractivity contribution in [3.05, 3.63) is 108 Å². The van der Waals surface area contributed by atoms with Gasteiger partial charge in [-0.1, -0.05) is 117 Å². The molecule has 41 heavy (non-hydrogen) atoms. The average molecular weight is 557 g/mol. The summed E-state index contributed by atoms with van der Waals surface area (Å²) in [4.78, 5) is 17.4. The van der Waals surface area contributed by atoms with Crippen molar-refractivity contribution >= 4 is 5.91 Å². The summed E-state index contributed by atoms with van der Waals surface area (Å²) in [5.74, 6) is 0.105. The number of benzene rings is 3. The molecule has 1 amide bonds. The van der Waals surface area contributed by atoms with E-state index in [4.69, 9.17) is 5.73 Å². The Balaban J connectivity index is 1.30. The third-order valence-electron chi connectivity index (χ3n) is 7.56. The topological polar surface area (TPSA) is 61.6 Å². The maximum absolute atomic E-state index is 12.3. The SMILES string of the molecule is NCCCN(CCCCCCCCN(CCCNC(=O)Cc1ccccc1)Cc1ccccc1)Cc1ccccc1. The number of rotatable bonds is 22. The summed E-state index contributed by atoms with van der Waals surface area (Å²) in [6.45, 7) is 7.82. The van der Waals surface area contributed by atoms with E-state index in [0.717, 1.165) is 70.8 Å². The minimum atomic E-state index is 0.105. The lowest BCUT2D eigenvalue weighted by atomic mass is 10.1. The first-order valence-corrected chi connectivity index (χ1v) is 15.8. The minimum absolute atomic E-state index is 0.105. The van der Waals surface area contributed by atoms with Gasteiger partial charge in [0.25, 0.3) is 0 Å². The van der Waals surface area contributed by atoms with E-state index in [2.05, 4.69) is 75.8 Å². The van der Waals surface area contributed by atoms with Crippen LogP contribution >= 0.6 is 0 Å². The molecule has 0 saturated heterocycles. The Labute approximate surface area is 249 Å². The standard InChI is InChI=1S/C36H52N4O/c37-24-16-28-39(31-34-20-10-6-11-21-34)26-14-3-1-2-4-15-27-40(32-35-22-12-7-13-23-35)29-17-25-38-36(41)30-33-18-8-5-9-19-33/h5-13,18-23H,1-4,14-17,24-32,37H2,(H,38,41). The van der Waals surface area contributed by atoms with Crippen molar-refractivity contribution in [2.75, 3.05) is 39.3 Å². The number of carbonyl (C=O) groups excluding carboxylic acids is 1. The predicted octanol–water partition coefficient (Wildman–Crippen LogP) is 6.43. The lowest BCUT2D eigenvalue weighted by Gasteiger charge is -2.23.